The maximum absolute atomic E-state index is 5.76. The van der Waals surface area contributed by atoms with Crippen LogP contribution in [0.25, 0.3) is 0 Å². The molecule has 0 fully saturated rings. The number of thiazole rings is 1. The standard InChI is InChI=1S/C12H20N2S2/c1-7(2)6-8-14-10(12(3,4)5)9(16-8)11(13)15/h7H,6H2,1-5H3,(H2,13,15). The van der Waals surface area contributed by atoms with Crippen molar-refractivity contribution in [1.82, 2.24) is 4.98 Å². The van der Waals surface area contributed by atoms with Crippen molar-refractivity contribution in [3.8, 4) is 0 Å². The lowest BCUT2D eigenvalue weighted by molar-refractivity contribution is 0.565. The van der Waals surface area contributed by atoms with Gasteiger partial charge in [0.1, 0.15) is 4.99 Å². The molecule has 0 spiro atoms. The van der Waals surface area contributed by atoms with Gasteiger partial charge in [-0.2, -0.15) is 0 Å². The van der Waals surface area contributed by atoms with Crippen LogP contribution in [0.15, 0.2) is 0 Å². The van der Waals surface area contributed by atoms with Gasteiger partial charge >= 0.3 is 0 Å². The summed E-state index contributed by atoms with van der Waals surface area (Å²) in [6.07, 6.45) is 0.996. The lowest BCUT2D eigenvalue weighted by atomic mass is 9.91. The van der Waals surface area contributed by atoms with Crippen molar-refractivity contribution in [1.29, 1.82) is 0 Å². The highest BCUT2D eigenvalue weighted by atomic mass is 32.1. The van der Waals surface area contributed by atoms with Crippen molar-refractivity contribution in [3.63, 3.8) is 0 Å². The Kier molecular flexibility index (Phi) is 4.07. The molecule has 0 amide bonds. The average molecular weight is 256 g/mol. The van der Waals surface area contributed by atoms with Gasteiger partial charge in [0.15, 0.2) is 0 Å². The molecule has 1 aromatic rings. The molecule has 0 saturated heterocycles. The minimum atomic E-state index is 0.00446. The van der Waals surface area contributed by atoms with E-state index < -0.39 is 0 Å². The highest BCUT2D eigenvalue weighted by Gasteiger charge is 2.24. The summed E-state index contributed by atoms with van der Waals surface area (Å²) in [5.74, 6) is 0.609. The zero-order valence-electron chi connectivity index (χ0n) is 10.6. The third kappa shape index (κ3) is 3.25. The number of rotatable bonds is 3. The molecule has 1 aromatic heterocycles. The number of thiocarbonyl (C=S) groups is 1. The minimum absolute atomic E-state index is 0.00446. The van der Waals surface area contributed by atoms with Crippen molar-refractivity contribution in [2.45, 2.75) is 46.5 Å². The molecule has 4 heteroatoms. The second-order valence-corrected chi connectivity index (χ2v) is 7.02. The summed E-state index contributed by atoms with van der Waals surface area (Å²) in [7, 11) is 0. The highest BCUT2D eigenvalue weighted by molar-refractivity contribution is 7.81. The molecule has 0 atom stereocenters. The normalized spacial score (nSPS) is 12.1. The molecule has 1 heterocycles. The van der Waals surface area contributed by atoms with Crippen molar-refractivity contribution in [2.24, 2.45) is 11.7 Å². The summed E-state index contributed by atoms with van der Waals surface area (Å²) >= 11 is 6.74. The van der Waals surface area contributed by atoms with E-state index in [1.165, 1.54) is 0 Å². The zero-order chi connectivity index (χ0) is 12.5. The third-order valence-electron chi connectivity index (χ3n) is 2.19. The fraction of sp³-hybridized carbons (Fsp3) is 0.667. The lowest BCUT2D eigenvalue weighted by Crippen LogP contribution is -2.19. The first-order chi connectivity index (χ1) is 7.21. The van der Waals surface area contributed by atoms with Gasteiger partial charge < -0.3 is 5.73 Å². The number of hydrogen-bond donors (Lipinski definition) is 1. The lowest BCUT2D eigenvalue weighted by Gasteiger charge is -2.17. The van der Waals surface area contributed by atoms with Gasteiger partial charge in [-0.1, -0.05) is 46.8 Å². The number of nitrogens with zero attached hydrogens (tertiary/aromatic N) is 1. The second-order valence-electron chi connectivity index (χ2n) is 5.50. The molecule has 1 rings (SSSR count). The predicted molar refractivity (Wildman–Crippen MR) is 75.2 cm³/mol. The Morgan fingerprint density at radius 3 is 2.31 bits per heavy atom. The Morgan fingerprint density at radius 2 is 2.00 bits per heavy atom. The summed E-state index contributed by atoms with van der Waals surface area (Å²) in [6.45, 7) is 10.8. The van der Waals surface area contributed by atoms with E-state index in [2.05, 4.69) is 34.6 Å². The van der Waals surface area contributed by atoms with E-state index in [1.54, 1.807) is 11.3 Å². The summed E-state index contributed by atoms with van der Waals surface area (Å²) in [5.41, 5.74) is 6.80. The van der Waals surface area contributed by atoms with E-state index in [4.69, 9.17) is 22.9 Å². The molecule has 0 aliphatic carbocycles. The fourth-order valence-electron chi connectivity index (χ4n) is 1.48. The molecule has 0 aliphatic rings. The Labute approximate surface area is 107 Å². The molecule has 2 N–H and O–H groups in total. The zero-order valence-corrected chi connectivity index (χ0v) is 12.3. The summed E-state index contributed by atoms with van der Waals surface area (Å²) in [5, 5.41) is 1.14. The van der Waals surface area contributed by atoms with Crippen LogP contribution in [0.4, 0.5) is 0 Å². The van der Waals surface area contributed by atoms with Gasteiger partial charge in [0.05, 0.1) is 15.6 Å². The SMILES string of the molecule is CC(C)Cc1nc(C(C)(C)C)c(C(N)=S)s1. The fourth-order valence-corrected chi connectivity index (χ4v) is 3.04. The second kappa shape index (κ2) is 4.80. The van der Waals surface area contributed by atoms with Crippen LogP contribution in [0.1, 0.15) is 50.2 Å². The van der Waals surface area contributed by atoms with Crippen LogP contribution in [0.5, 0.6) is 0 Å². The molecular formula is C12H20N2S2. The number of nitrogens with two attached hydrogens (primary N) is 1. The van der Waals surface area contributed by atoms with Crippen LogP contribution < -0.4 is 5.73 Å². The van der Waals surface area contributed by atoms with Crippen LogP contribution in [-0.2, 0) is 11.8 Å². The van der Waals surface area contributed by atoms with E-state index in [0.29, 0.717) is 10.9 Å². The van der Waals surface area contributed by atoms with Gasteiger partial charge in [0, 0.05) is 11.8 Å². The van der Waals surface area contributed by atoms with Gasteiger partial charge in [-0.3, -0.25) is 0 Å². The summed E-state index contributed by atoms with van der Waals surface area (Å²) in [6, 6.07) is 0. The van der Waals surface area contributed by atoms with E-state index >= 15 is 0 Å². The largest absolute Gasteiger partial charge is 0.389 e. The minimum Gasteiger partial charge on any atom is -0.389 e. The molecular weight excluding hydrogens is 236 g/mol. The van der Waals surface area contributed by atoms with E-state index in [0.717, 1.165) is 22.0 Å². The summed E-state index contributed by atoms with van der Waals surface area (Å²) < 4.78 is 0. The van der Waals surface area contributed by atoms with Crippen LogP contribution in [-0.4, -0.2) is 9.97 Å². The van der Waals surface area contributed by atoms with E-state index in [9.17, 15) is 0 Å². The van der Waals surface area contributed by atoms with Gasteiger partial charge in [-0.15, -0.1) is 11.3 Å². The monoisotopic (exact) mass is 256 g/mol. The molecule has 0 aromatic carbocycles. The van der Waals surface area contributed by atoms with Crippen LogP contribution >= 0.6 is 23.6 Å². The number of hydrogen-bond acceptors (Lipinski definition) is 3. The van der Waals surface area contributed by atoms with Crippen molar-refractivity contribution < 1.29 is 0 Å². The van der Waals surface area contributed by atoms with Crippen LogP contribution in [0, 0.1) is 5.92 Å². The van der Waals surface area contributed by atoms with Crippen LogP contribution in [0.3, 0.4) is 0 Å². The summed E-state index contributed by atoms with van der Waals surface area (Å²) in [4.78, 5) is 6.15. The Balaban J connectivity index is 3.16. The Bertz CT molecular complexity index is 386. The first-order valence-corrected chi connectivity index (χ1v) is 6.74. The molecule has 0 unspecified atom stereocenters. The average Bonchev–Trinajstić information content (AvgIpc) is 2.45. The number of aromatic nitrogens is 1. The molecule has 2 nitrogen and oxygen atoms in total. The highest BCUT2D eigenvalue weighted by Crippen LogP contribution is 2.30. The van der Waals surface area contributed by atoms with Gasteiger partial charge in [0.2, 0.25) is 0 Å². The maximum Gasteiger partial charge on any atom is 0.116 e. The Morgan fingerprint density at radius 1 is 1.44 bits per heavy atom. The van der Waals surface area contributed by atoms with E-state index in [1.807, 2.05) is 0 Å². The molecule has 0 aliphatic heterocycles. The predicted octanol–water partition coefficient (Wildman–Crippen LogP) is 3.27. The van der Waals surface area contributed by atoms with Gasteiger partial charge in [-0.05, 0) is 5.92 Å². The van der Waals surface area contributed by atoms with Crippen LogP contribution in [0.2, 0.25) is 0 Å². The maximum atomic E-state index is 5.76. The molecule has 0 saturated carbocycles. The molecule has 16 heavy (non-hydrogen) atoms. The van der Waals surface area contributed by atoms with Crippen molar-refractivity contribution in [2.75, 3.05) is 0 Å². The molecule has 0 bridgehead atoms. The first kappa shape index (κ1) is 13.6. The first-order valence-electron chi connectivity index (χ1n) is 5.51. The Hall–Kier alpha value is -0.480. The smallest absolute Gasteiger partial charge is 0.116 e. The molecule has 90 valence electrons. The third-order valence-corrected chi connectivity index (χ3v) is 3.63. The van der Waals surface area contributed by atoms with Crippen molar-refractivity contribution >= 4 is 28.5 Å². The van der Waals surface area contributed by atoms with Gasteiger partial charge in [-0.25, -0.2) is 4.98 Å². The van der Waals surface area contributed by atoms with E-state index in [-0.39, 0.29) is 5.41 Å². The molecule has 0 radical (unpaired) electrons. The quantitative estimate of drug-likeness (QED) is 0.844. The topological polar surface area (TPSA) is 38.9 Å². The van der Waals surface area contributed by atoms with Gasteiger partial charge in [0.25, 0.3) is 0 Å². The van der Waals surface area contributed by atoms with Crippen molar-refractivity contribution in [3.05, 3.63) is 15.6 Å².